The molecule has 0 radical (unpaired) electrons. The van der Waals surface area contributed by atoms with Gasteiger partial charge in [0, 0.05) is 13.1 Å². The highest BCUT2D eigenvalue weighted by Crippen LogP contribution is 2.38. The molecule has 1 atom stereocenters. The Balaban J connectivity index is 1.63. The predicted molar refractivity (Wildman–Crippen MR) is 91.5 cm³/mol. The van der Waals surface area contributed by atoms with E-state index in [0.717, 1.165) is 24.2 Å². The number of carbonyl (C=O) groups is 1. The monoisotopic (exact) mass is 344 g/mol. The molecule has 1 fully saturated rings. The number of hydrogen-bond donors (Lipinski definition) is 0. The molecule has 25 heavy (non-hydrogen) atoms. The van der Waals surface area contributed by atoms with Crippen LogP contribution in [0, 0.1) is 17.2 Å². The zero-order valence-corrected chi connectivity index (χ0v) is 14.9. The molecule has 2 aliphatic heterocycles. The first-order chi connectivity index (χ1) is 11.9. The lowest BCUT2D eigenvalue weighted by atomic mass is 9.81. The number of piperidine rings is 1. The third-order valence-corrected chi connectivity index (χ3v) is 4.56. The van der Waals surface area contributed by atoms with Gasteiger partial charge in [0.05, 0.1) is 12.0 Å². The van der Waals surface area contributed by atoms with Gasteiger partial charge in [-0.05, 0) is 57.2 Å². The molecule has 0 bridgehead atoms. The number of hydrogen-bond acceptors (Lipinski definition) is 5. The average Bonchev–Trinajstić information content (AvgIpc) is 3.02. The van der Waals surface area contributed by atoms with Gasteiger partial charge in [-0.3, -0.25) is 0 Å². The van der Waals surface area contributed by atoms with E-state index in [0.29, 0.717) is 18.8 Å². The molecule has 134 valence electrons. The third-order valence-electron chi connectivity index (χ3n) is 4.56. The van der Waals surface area contributed by atoms with E-state index >= 15 is 0 Å². The summed E-state index contributed by atoms with van der Waals surface area (Å²) in [5.41, 5.74) is 0.456. The van der Waals surface area contributed by atoms with Crippen LogP contribution in [0.25, 0.3) is 0 Å². The van der Waals surface area contributed by atoms with Gasteiger partial charge in [0.1, 0.15) is 5.60 Å². The summed E-state index contributed by atoms with van der Waals surface area (Å²) in [5, 5.41) is 9.68. The van der Waals surface area contributed by atoms with E-state index in [9.17, 15) is 10.1 Å². The van der Waals surface area contributed by atoms with Crippen molar-refractivity contribution in [3.05, 3.63) is 23.8 Å². The van der Waals surface area contributed by atoms with Crippen molar-refractivity contribution in [2.75, 3.05) is 19.9 Å². The van der Waals surface area contributed by atoms with Crippen LogP contribution in [0.15, 0.2) is 18.2 Å². The maximum absolute atomic E-state index is 12.2. The van der Waals surface area contributed by atoms with E-state index < -0.39 is 5.60 Å². The Labute approximate surface area is 148 Å². The maximum Gasteiger partial charge on any atom is 0.410 e. The van der Waals surface area contributed by atoms with Gasteiger partial charge in [-0.2, -0.15) is 5.26 Å². The molecular weight excluding hydrogens is 320 g/mol. The van der Waals surface area contributed by atoms with Crippen LogP contribution >= 0.6 is 0 Å². The van der Waals surface area contributed by atoms with Crippen molar-refractivity contribution >= 4 is 6.09 Å². The minimum atomic E-state index is -0.490. The SMILES string of the molecule is CC(C)(C)OC(=O)N1CCC(C(C#N)c2ccc3c(c2)OCO3)CC1. The van der Waals surface area contributed by atoms with Crippen molar-refractivity contribution in [3.63, 3.8) is 0 Å². The van der Waals surface area contributed by atoms with Crippen LogP contribution in [0.2, 0.25) is 0 Å². The summed E-state index contributed by atoms with van der Waals surface area (Å²) >= 11 is 0. The van der Waals surface area contributed by atoms with Crippen molar-refractivity contribution in [3.8, 4) is 17.6 Å². The van der Waals surface area contributed by atoms with Gasteiger partial charge in [-0.15, -0.1) is 0 Å². The van der Waals surface area contributed by atoms with E-state index in [-0.39, 0.29) is 24.7 Å². The second-order valence-corrected chi connectivity index (χ2v) is 7.52. The van der Waals surface area contributed by atoms with E-state index in [1.165, 1.54) is 0 Å². The quantitative estimate of drug-likeness (QED) is 0.818. The van der Waals surface area contributed by atoms with Crippen LogP contribution < -0.4 is 9.47 Å². The maximum atomic E-state index is 12.2. The average molecular weight is 344 g/mol. The number of benzene rings is 1. The number of rotatable bonds is 2. The zero-order chi connectivity index (χ0) is 18.0. The number of likely N-dealkylation sites (tertiary alicyclic amines) is 1. The molecule has 0 aliphatic carbocycles. The van der Waals surface area contributed by atoms with Crippen molar-refractivity contribution in [1.29, 1.82) is 5.26 Å². The topological polar surface area (TPSA) is 71.8 Å². The lowest BCUT2D eigenvalue weighted by Crippen LogP contribution is -2.42. The second kappa shape index (κ2) is 6.83. The molecule has 0 aromatic heterocycles. The van der Waals surface area contributed by atoms with Gasteiger partial charge in [0.15, 0.2) is 11.5 Å². The first-order valence-corrected chi connectivity index (χ1v) is 8.64. The van der Waals surface area contributed by atoms with Crippen molar-refractivity contribution in [2.45, 2.75) is 45.1 Å². The number of nitriles is 1. The van der Waals surface area contributed by atoms with E-state index in [2.05, 4.69) is 6.07 Å². The van der Waals surface area contributed by atoms with Gasteiger partial charge in [0.2, 0.25) is 6.79 Å². The van der Waals surface area contributed by atoms with Crippen LogP contribution in [0.4, 0.5) is 4.79 Å². The van der Waals surface area contributed by atoms with E-state index in [4.69, 9.17) is 14.2 Å². The summed E-state index contributed by atoms with van der Waals surface area (Å²) in [6.07, 6.45) is 1.29. The normalized spacial score (nSPS) is 18.6. The third kappa shape index (κ3) is 3.98. The van der Waals surface area contributed by atoms with Crippen molar-refractivity contribution < 1.29 is 19.0 Å². The lowest BCUT2D eigenvalue weighted by Gasteiger charge is -2.35. The van der Waals surface area contributed by atoms with Crippen LogP contribution in [-0.4, -0.2) is 36.5 Å². The summed E-state index contributed by atoms with van der Waals surface area (Å²) in [7, 11) is 0. The first kappa shape index (κ1) is 17.4. The van der Waals surface area contributed by atoms with Gasteiger partial charge in [0.25, 0.3) is 0 Å². The Kier molecular flexibility index (Phi) is 4.76. The molecule has 6 nitrogen and oxygen atoms in total. The van der Waals surface area contributed by atoms with Gasteiger partial charge in [-0.25, -0.2) is 4.79 Å². The molecule has 0 saturated carbocycles. The van der Waals surface area contributed by atoms with E-state index in [1.807, 2.05) is 39.0 Å². The smallest absolute Gasteiger partial charge is 0.410 e. The Morgan fingerprint density at radius 3 is 2.60 bits per heavy atom. The van der Waals surface area contributed by atoms with Crippen LogP contribution in [-0.2, 0) is 4.74 Å². The Bertz CT molecular complexity index is 682. The second-order valence-electron chi connectivity index (χ2n) is 7.52. The highest BCUT2D eigenvalue weighted by molar-refractivity contribution is 5.68. The molecule has 1 saturated heterocycles. The molecule has 2 heterocycles. The molecule has 0 N–H and O–H groups in total. The Morgan fingerprint density at radius 2 is 1.96 bits per heavy atom. The minimum Gasteiger partial charge on any atom is -0.454 e. The zero-order valence-electron chi connectivity index (χ0n) is 14.9. The first-order valence-electron chi connectivity index (χ1n) is 8.64. The minimum absolute atomic E-state index is 0.212. The van der Waals surface area contributed by atoms with E-state index in [1.54, 1.807) is 4.90 Å². The summed E-state index contributed by atoms with van der Waals surface area (Å²) in [5.74, 6) is 1.42. The molecule has 1 amide bonds. The molecule has 1 unspecified atom stereocenters. The molecule has 6 heteroatoms. The highest BCUT2D eigenvalue weighted by Gasteiger charge is 2.32. The molecule has 1 aromatic carbocycles. The number of ether oxygens (including phenoxy) is 3. The van der Waals surface area contributed by atoms with Crippen LogP contribution in [0.5, 0.6) is 11.5 Å². The number of carbonyl (C=O) groups excluding carboxylic acids is 1. The summed E-state index contributed by atoms with van der Waals surface area (Å²) < 4.78 is 16.2. The summed E-state index contributed by atoms with van der Waals surface area (Å²) in [6, 6.07) is 8.12. The molecule has 2 aliphatic rings. The van der Waals surface area contributed by atoms with Gasteiger partial charge < -0.3 is 19.1 Å². The number of amides is 1. The van der Waals surface area contributed by atoms with Crippen molar-refractivity contribution in [1.82, 2.24) is 4.90 Å². The van der Waals surface area contributed by atoms with Crippen LogP contribution in [0.3, 0.4) is 0 Å². The molecule has 0 spiro atoms. The largest absolute Gasteiger partial charge is 0.454 e. The number of fused-ring (bicyclic) bond motifs is 1. The summed E-state index contributed by atoms with van der Waals surface area (Å²) in [6.45, 7) is 7.05. The Hall–Kier alpha value is -2.42. The van der Waals surface area contributed by atoms with Crippen molar-refractivity contribution in [2.24, 2.45) is 5.92 Å². The molecular formula is C19H24N2O4. The van der Waals surface area contributed by atoms with Gasteiger partial charge in [-0.1, -0.05) is 6.07 Å². The predicted octanol–water partition coefficient (Wildman–Crippen LogP) is 3.67. The Morgan fingerprint density at radius 1 is 1.28 bits per heavy atom. The van der Waals surface area contributed by atoms with Gasteiger partial charge >= 0.3 is 6.09 Å². The summed E-state index contributed by atoms with van der Waals surface area (Å²) in [4.78, 5) is 13.9. The van der Waals surface area contributed by atoms with Crippen LogP contribution in [0.1, 0.15) is 45.1 Å². The fourth-order valence-corrected chi connectivity index (χ4v) is 3.30. The lowest BCUT2D eigenvalue weighted by molar-refractivity contribution is 0.0180. The fraction of sp³-hybridized carbons (Fsp3) is 0.579. The number of nitrogens with zero attached hydrogens (tertiary/aromatic N) is 2. The molecule has 1 aromatic rings. The highest BCUT2D eigenvalue weighted by atomic mass is 16.7. The standard InChI is InChI=1S/C19H24N2O4/c1-19(2,3)25-18(22)21-8-6-13(7-9-21)15(11-20)14-4-5-16-17(10-14)24-12-23-16/h4-5,10,13,15H,6-9,12H2,1-3H3. The fourth-order valence-electron chi connectivity index (χ4n) is 3.30. The molecule has 3 rings (SSSR count).